The number of hydrogen-bond donors (Lipinski definition) is 1. The molecule has 1 aliphatic rings. The van der Waals surface area contributed by atoms with Crippen molar-refractivity contribution in [2.75, 3.05) is 0 Å². The number of benzene rings is 1. The Bertz CT molecular complexity index is 657. The second-order valence-corrected chi connectivity index (χ2v) is 6.94. The summed E-state index contributed by atoms with van der Waals surface area (Å²) >= 11 is 6.35. The Labute approximate surface area is 125 Å². The molecule has 3 rings (SSSR count). The maximum Gasteiger partial charge on any atom is 0.0812 e. The Kier molecular flexibility index (Phi) is 3.19. The van der Waals surface area contributed by atoms with E-state index in [0.717, 1.165) is 34.8 Å². The molecule has 106 valence electrons. The molecule has 1 unspecified atom stereocenters. The molecule has 1 aromatic carbocycles. The Morgan fingerprint density at radius 3 is 2.70 bits per heavy atom. The van der Waals surface area contributed by atoms with Crippen molar-refractivity contribution < 1.29 is 5.11 Å². The molecule has 20 heavy (non-hydrogen) atoms. The van der Waals surface area contributed by atoms with Gasteiger partial charge in [0.15, 0.2) is 0 Å². The van der Waals surface area contributed by atoms with Crippen LogP contribution in [0.3, 0.4) is 0 Å². The van der Waals surface area contributed by atoms with E-state index in [1.165, 1.54) is 5.69 Å². The van der Waals surface area contributed by atoms with Crippen molar-refractivity contribution in [3.05, 3.63) is 52.3 Å². The van der Waals surface area contributed by atoms with Crippen molar-refractivity contribution in [2.45, 2.75) is 39.7 Å². The number of aliphatic hydroxyl groups is 1. The van der Waals surface area contributed by atoms with Crippen molar-refractivity contribution in [1.29, 1.82) is 0 Å². The lowest BCUT2D eigenvalue weighted by Gasteiger charge is -2.34. The quantitative estimate of drug-likeness (QED) is 0.824. The van der Waals surface area contributed by atoms with Gasteiger partial charge in [0.1, 0.15) is 0 Å². The van der Waals surface area contributed by atoms with E-state index in [4.69, 9.17) is 11.6 Å². The van der Waals surface area contributed by atoms with E-state index < -0.39 is 0 Å². The van der Waals surface area contributed by atoms with Crippen LogP contribution in [0.4, 0.5) is 0 Å². The number of rotatable bonds is 1. The van der Waals surface area contributed by atoms with E-state index in [-0.39, 0.29) is 11.5 Å². The highest BCUT2D eigenvalue weighted by Gasteiger charge is 2.34. The van der Waals surface area contributed by atoms with Crippen molar-refractivity contribution in [3.8, 4) is 5.69 Å². The van der Waals surface area contributed by atoms with Gasteiger partial charge < -0.3 is 9.67 Å². The first kappa shape index (κ1) is 13.7. The number of fused-ring (bicyclic) bond motifs is 1. The fourth-order valence-electron chi connectivity index (χ4n) is 3.31. The van der Waals surface area contributed by atoms with Gasteiger partial charge in [0.2, 0.25) is 0 Å². The third-order valence-electron chi connectivity index (χ3n) is 4.16. The molecule has 0 amide bonds. The molecule has 1 aliphatic carbocycles. The second-order valence-electron chi connectivity index (χ2n) is 6.54. The zero-order valence-electron chi connectivity index (χ0n) is 12.2. The van der Waals surface area contributed by atoms with E-state index in [9.17, 15) is 5.11 Å². The van der Waals surface area contributed by atoms with Crippen LogP contribution in [0.1, 0.15) is 43.3 Å². The maximum absolute atomic E-state index is 10.4. The summed E-state index contributed by atoms with van der Waals surface area (Å²) in [7, 11) is 0. The molecule has 0 radical (unpaired) electrons. The Hall–Kier alpha value is -1.25. The average Bonchev–Trinajstić information content (AvgIpc) is 2.66. The summed E-state index contributed by atoms with van der Waals surface area (Å²) in [6, 6.07) is 9.97. The van der Waals surface area contributed by atoms with Crippen LogP contribution in [0.2, 0.25) is 5.02 Å². The molecule has 0 aliphatic heterocycles. The van der Waals surface area contributed by atoms with Gasteiger partial charge in [0, 0.05) is 17.0 Å². The lowest BCUT2D eigenvalue weighted by atomic mass is 9.75. The van der Waals surface area contributed by atoms with Gasteiger partial charge in [-0.05, 0) is 43.4 Å². The van der Waals surface area contributed by atoms with Gasteiger partial charge in [-0.2, -0.15) is 0 Å². The molecule has 1 heterocycles. The lowest BCUT2D eigenvalue weighted by molar-refractivity contribution is 0.0987. The normalized spacial score (nSPS) is 20.8. The Morgan fingerprint density at radius 1 is 1.30 bits per heavy atom. The third kappa shape index (κ3) is 2.17. The standard InChI is InChI=1S/C17H20ClNO/c1-11-8-12-15(9-17(2,3)10-16(12)20)19(11)14-7-5-4-6-13(14)18/h4-8,16,20H,9-10H2,1-3H3. The fourth-order valence-corrected chi connectivity index (χ4v) is 3.53. The Morgan fingerprint density at radius 2 is 2.00 bits per heavy atom. The van der Waals surface area contributed by atoms with Crippen LogP contribution >= 0.6 is 11.6 Å². The summed E-state index contributed by atoms with van der Waals surface area (Å²) in [4.78, 5) is 0. The van der Waals surface area contributed by atoms with Gasteiger partial charge in [-0.15, -0.1) is 0 Å². The molecule has 1 atom stereocenters. The van der Waals surface area contributed by atoms with E-state index in [1.54, 1.807) is 0 Å². The van der Waals surface area contributed by atoms with E-state index in [2.05, 4.69) is 31.4 Å². The predicted molar refractivity (Wildman–Crippen MR) is 82.6 cm³/mol. The van der Waals surface area contributed by atoms with Crippen LogP contribution in [0, 0.1) is 12.3 Å². The first-order chi connectivity index (χ1) is 9.39. The molecular weight excluding hydrogens is 270 g/mol. The average molecular weight is 290 g/mol. The van der Waals surface area contributed by atoms with Gasteiger partial charge in [0.05, 0.1) is 16.8 Å². The number of nitrogens with zero attached hydrogens (tertiary/aromatic N) is 1. The lowest BCUT2D eigenvalue weighted by Crippen LogP contribution is -2.26. The molecular formula is C17H20ClNO. The predicted octanol–water partition coefficient (Wildman–Crippen LogP) is 4.44. The van der Waals surface area contributed by atoms with Crippen LogP contribution in [-0.4, -0.2) is 9.67 Å². The first-order valence-electron chi connectivity index (χ1n) is 7.03. The molecule has 0 saturated heterocycles. The van der Waals surface area contributed by atoms with Crippen LogP contribution in [-0.2, 0) is 6.42 Å². The summed E-state index contributed by atoms with van der Waals surface area (Å²) < 4.78 is 2.20. The molecule has 2 aromatic rings. The molecule has 0 saturated carbocycles. The monoisotopic (exact) mass is 289 g/mol. The Balaban J connectivity index is 2.22. The van der Waals surface area contributed by atoms with E-state index in [0.29, 0.717) is 0 Å². The maximum atomic E-state index is 10.4. The van der Waals surface area contributed by atoms with Gasteiger partial charge in [0.25, 0.3) is 0 Å². The topological polar surface area (TPSA) is 25.2 Å². The van der Waals surface area contributed by atoms with Crippen LogP contribution in [0.25, 0.3) is 5.69 Å². The summed E-state index contributed by atoms with van der Waals surface area (Å²) in [5.74, 6) is 0. The van der Waals surface area contributed by atoms with Crippen LogP contribution < -0.4 is 0 Å². The molecule has 0 fully saturated rings. The van der Waals surface area contributed by atoms with Crippen LogP contribution in [0.5, 0.6) is 0 Å². The molecule has 0 bridgehead atoms. The minimum absolute atomic E-state index is 0.107. The number of hydrogen-bond acceptors (Lipinski definition) is 1. The van der Waals surface area contributed by atoms with Crippen molar-refractivity contribution >= 4 is 11.6 Å². The zero-order chi connectivity index (χ0) is 14.5. The summed E-state index contributed by atoms with van der Waals surface area (Å²) in [6.07, 6.45) is 1.39. The van der Waals surface area contributed by atoms with Crippen LogP contribution in [0.15, 0.2) is 30.3 Å². The highest BCUT2D eigenvalue weighted by molar-refractivity contribution is 6.32. The van der Waals surface area contributed by atoms with Gasteiger partial charge in [-0.1, -0.05) is 37.6 Å². The van der Waals surface area contributed by atoms with Crippen molar-refractivity contribution in [3.63, 3.8) is 0 Å². The summed E-state index contributed by atoms with van der Waals surface area (Å²) in [5.41, 5.74) is 4.48. The molecule has 3 heteroatoms. The molecule has 0 spiro atoms. The highest BCUT2D eigenvalue weighted by atomic mass is 35.5. The minimum atomic E-state index is -0.379. The minimum Gasteiger partial charge on any atom is -0.388 e. The van der Waals surface area contributed by atoms with Gasteiger partial charge in [-0.3, -0.25) is 0 Å². The fraction of sp³-hybridized carbons (Fsp3) is 0.412. The number of para-hydroxylation sites is 1. The summed E-state index contributed by atoms with van der Waals surface area (Å²) in [5, 5.41) is 11.1. The number of aromatic nitrogens is 1. The second kappa shape index (κ2) is 4.64. The number of halogens is 1. The molecule has 1 aromatic heterocycles. The number of aryl methyl sites for hydroxylation is 1. The third-order valence-corrected chi connectivity index (χ3v) is 4.48. The highest BCUT2D eigenvalue weighted by Crippen LogP contribution is 2.43. The summed E-state index contributed by atoms with van der Waals surface area (Å²) in [6.45, 7) is 6.48. The van der Waals surface area contributed by atoms with Gasteiger partial charge >= 0.3 is 0 Å². The van der Waals surface area contributed by atoms with Gasteiger partial charge in [-0.25, -0.2) is 0 Å². The smallest absolute Gasteiger partial charge is 0.0812 e. The number of aliphatic hydroxyl groups excluding tert-OH is 1. The SMILES string of the molecule is Cc1cc2c(n1-c1ccccc1Cl)CC(C)(C)CC2O. The van der Waals surface area contributed by atoms with E-state index >= 15 is 0 Å². The van der Waals surface area contributed by atoms with Crippen molar-refractivity contribution in [1.82, 2.24) is 4.57 Å². The largest absolute Gasteiger partial charge is 0.388 e. The van der Waals surface area contributed by atoms with Crippen molar-refractivity contribution in [2.24, 2.45) is 5.41 Å². The molecule has 1 N–H and O–H groups in total. The first-order valence-corrected chi connectivity index (χ1v) is 7.41. The molecule has 2 nitrogen and oxygen atoms in total. The zero-order valence-corrected chi connectivity index (χ0v) is 12.9. The van der Waals surface area contributed by atoms with E-state index in [1.807, 2.05) is 24.3 Å².